The van der Waals surface area contributed by atoms with Gasteiger partial charge in [0.05, 0.1) is 89.9 Å². The van der Waals surface area contributed by atoms with Gasteiger partial charge in [-0.05, 0) is 76.3 Å². The third-order valence-corrected chi connectivity index (χ3v) is 8.60. The van der Waals surface area contributed by atoms with Crippen LogP contribution in [0.3, 0.4) is 0 Å². The minimum Gasteiger partial charge on any atom is -0.354 e. The van der Waals surface area contributed by atoms with E-state index in [9.17, 15) is 0 Å². The SMILES string of the molecule is Cc1nc(-c2c3nc(c(-c4c[nH]c(C)n4)c4ccc([nH]4)c(-c4c[nH]c(C)n4)c4nc(c(-c5c[nH]c(C)n5)c5ccc2[nH]5)C=C4)C=C3)c[nH]1. The van der Waals surface area contributed by atoms with Gasteiger partial charge in [0.25, 0.3) is 0 Å². The fourth-order valence-electron chi connectivity index (χ4n) is 6.47. The van der Waals surface area contributed by atoms with Crippen LogP contribution >= 0.6 is 0 Å². The van der Waals surface area contributed by atoms with Crippen molar-refractivity contribution in [2.75, 3.05) is 0 Å². The molecular formula is C36H30N12. The lowest BCUT2D eigenvalue weighted by atomic mass is 10.1. The Morgan fingerprint density at radius 3 is 0.812 bits per heavy atom. The van der Waals surface area contributed by atoms with E-state index < -0.39 is 0 Å². The van der Waals surface area contributed by atoms with Gasteiger partial charge in [-0.25, -0.2) is 29.9 Å². The molecule has 0 saturated carbocycles. The van der Waals surface area contributed by atoms with Gasteiger partial charge in [0.2, 0.25) is 0 Å². The number of rotatable bonds is 4. The van der Waals surface area contributed by atoms with Crippen molar-refractivity contribution >= 4 is 46.4 Å². The molecule has 12 heteroatoms. The van der Waals surface area contributed by atoms with E-state index in [1.807, 2.05) is 76.8 Å². The van der Waals surface area contributed by atoms with Crippen LogP contribution < -0.4 is 0 Å². The third-order valence-electron chi connectivity index (χ3n) is 8.60. The number of aryl methyl sites for hydroxylation is 4. The van der Waals surface area contributed by atoms with Crippen LogP contribution in [0.25, 0.3) is 91.4 Å². The molecule has 2 aliphatic rings. The molecule has 0 unspecified atom stereocenters. The van der Waals surface area contributed by atoms with Crippen LogP contribution in [0, 0.1) is 27.7 Å². The first-order valence-corrected chi connectivity index (χ1v) is 15.6. The van der Waals surface area contributed by atoms with E-state index in [0.29, 0.717) is 0 Å². The van der Waals surface area contributed by atoms with Gasteiger partial charge in [0.1, 0.15) is 23.3 Å². The number of imidazole rings is 4. The lowest BCUT2D eigenvalue weighted by molar-refractivity contribution is 1.15. The molecule has 9 rings (SSSR count). The number of nitrogens with one attached hydrogen (secondary N) is 6. The van der Waals surface area contributed by atoms with Crippen molar-refractivity contribution in [2.24, 2.45) is 0 Å². The van der Waals surface area contributed by atoms with E-state index in [0.717, 1.165) is 113 Å². The summed E-state index contributed by atoms with van der Waals surface area (Å²) in [6.45, 7) is 7.77. The Morgan fingerprint density at radius 2 is 0.604 bits per heavy atom. The van der Waals surface area contributed by atoms with Crippen LogP contribution in [0.15, 0.2) is 49.1 Å². The maximum atomic E-state index is 5.23. The molecular weight excluding hydrogens is 600 g/mol. The van der Waals surface area contributed by atoms with Crippen molar-refractivity contribution in [1.29, 1.82) is 0 Å². The molecule has 8 bridgehead atoms. The van der Waals surface area contributed by atoms with Crippen LogP contribution in [0.1, 0.15) is 46.1 Å². The summed E-state index contributed by atoms with van der Waals surface area (Å²) in [5.74, 6) is 3.25. The van der Waals surface area contributed by atoms with Crippen molar-refractivity contribution in [1.82, 2.24) is 59.8 Å². The van der Waals surface area contributed by atoms with Crippen LogP contribution in [0.2, 0.25) is 0 Å². The van der Waals surface area contributed by atoms with Crippen molar-refractivity contribution in [3.63, 3.8) is 0 Å². The number of H-pyrrole nitrogens is 6. The topological polar surface area (TPSA) is 172 Å². The Morgan fingerprint density at radius 1 is 0.354 bits per heavy atom. The van der Waals surface area contributed by atoms with Gasteiger partial charge in [-0.15, -0.1) is 0 Å². The zero-order chi connectivity index (χ0) is 32.5. The summed E-state index contributed by atoms with van der Waals surface area (Å²) in [4.78, 5) is 50.1. The Hall–Kier alpha value is -6.56. The third kappa shape index (κ3) is 4.53. The summed E-state index contributed by atoms with van der Waals surface area (Å²) in [6.07, 6.45) is 15.8. The lowest BCUT2D eigenvalue weighted by Crippen LogP contribution is -1.90. The number of fused-ring (bicyclic) bond motifs is 8. The van der Waals surface area contributed by atoms with Crippen LogP contribution in [-0.2, 0) is 0 Å². The molecule has 12 nitrogen and oxygen atoms in total. The lowest BCUT2D eigenvalue weighted by Gasteiger charge is -2.03. The molecule has 7 aromatic rings. The number of nitrogens with zero attached hydrogens (tertiary/aromatic N) is 6. The highest BCUT2D eigenvalue weighted by atomic mass is 14.9. The van der Waals surface area contributed by atoms with Crippen LogP contribution in [0.5, 0.6) is 0 Å². The Kier molecular flexibility index (Phi) is 6.06. The van der Waals surface area contributed by atoms with E-state index in [4.69, 9.17) is 29.9 Å². The first-order valence-electron chi connectivity index (χ1n) is 15.6. The van der Waals surface area contributed by atoms with Crippen LogP contribution in [-0.4, -0.2) is 59.8 Å². The second-order valence-electron chi connectivity index (χ2n) is 12.0. The molecule has 9 heterocycles. The molecule has 0 saturated heterocycles. The highest BCUT2D eigenvalue weighted by Crippen LogP contribution is 2.37. The predicted molar refractivity (Wildman–Crippen MR) is 188 cm³/mol. The molecule has 0 aliphatic carbocycles. The molecule has 0 radical (unpaired) electrons. The molecule has 0 fully saturated rings. The van der Waals surface area contributed by atoms with Crippen molar-refractivity contribution < 1.29 is 0 Å². The molecule has 0 spiro atoms. The first-order chi connectivity index (χ1) is 23.4. The first kappa shape index (κ1) is 27.7. The summed E-state index contributed by atoms with van der Waals surface area (Å²) in [7, 11) is 0. The number of hydrogen-bond donors (Lipinski definition) is 6. The van der Waals surface area contributed by atoms with Gasteiger partial charge in [-0.3, -0.25) is 0 Å². The van der Waals surface area contributed by atoms with Crippen molar-refractivity contribution in [2.45, 2.75) is 27.7 Å². The van der Waals surface area contributed by atoms with E-state index >= 15 is 0 Å². The summed E-state index contributed by atoms with van der Waals surface area (Å²) in [6, 6.07) is 8.25. The largest absolute Gasteiger partial charge is 0.354 e. The van der Waals surface area contributed by atoms with Gasteiger partial charge in [0.15, 0.2) is 0 Å². The minimum atomic E-state index is 0.777. The highest BCUT2D eigenvalue weighted by molar-refractivity contribution is 5.98. The fraction of sp³-hybridized carbons (Fsp3) is 0.111. The minimum absolute atomic E-state index is 0.777. The molecule has 0 atom stereocenters. The Bertz CT molecular complexity index is 2280. The molecule has 48 heavy (non-hydrogen) atoms. The highest BCUT2D eigenvalue weighted by Gasteiger charge is 2.21. The summed E-state index contributed by atoms with van der Waals surface area (Å²) >= 11 is 0. The summed E-state index contributed by atoms with van der Waals surface area (Å²) in [5, 5.41) is 0. The Balaban J connectivity index is 1.48. The van der Waals surface area contributed by atoms with Gasteiger partial charge in [-0.2, -0.15) is 0 Å². The van der Waals surface area contributed by atoms with Gasteiger partial charge in [0, 0.05) is 24.8 Å². The van der Waals surface area contributed by atoms with E-state index in [-0.39, 0.29) is 0 Å². The maximum Gasteiger partial charge on any atom is 0.103 e. The average Bonchev–Trinajstić information content (AvgIpc) is 3.89. The van der Waals surface area contributed by atoms with E-state index in [2.05, 4.69) is 54.2 Å². The van der Waals surface area contributed by atoms with Gasteiger partial charge in [-0.1, -0.05) is 0 Å². The second-order valence-corrected chi connectivity index (χ2v) is 12.0. The zero-order valence-electron chi connectivity index (χ0n) is 26.6. The standard InChI is InChI=1S/C36H30N12/c1-17-37-13-29(41-17)33-21-5-7-23(45-21)34(30-14-38-18(2)42-30)25-9-11-27(47-25)36(32-16-40-20(4)44-32)28-12-10-26(48-28)35(24-8-6-22(33)46-24)31-15-39-19(3)43-31/h5-16,45,48H,1-4H3,(H,37,41)(H,38,42)(H,39,43)(H,40,44). The smallest absolute Gasteiger partial charge is 0.103 e. The second kappa shape index (κ2) is 10.5. The molecule has 7 aromatic heterocycles. The molecule has 0 amide bonds. The fourth-order valence-corrected chi connectivity index (χ4v) is 6.47. The number of hydrogen-bond acceptors (Lipinski definition) is 6. The van der Waals surface area contributed by atoms with E-state index in [1.165, 1.54) is 0 Å². The quantitative estimate of drug-likeness (QED) is 0.118. The van der Waals surface area contributed by atoms with Crippen molar-refractivity contribution in [3.05, 3.63) is 95.1 Å². The summed E-state index contributed by atoms with van der Waals surface area (Å²) in [5.41, 5.74) is 13.2. The van der Waals surface area contributed by atoms with Crippen molar-refractivity contribution in [3.8, 4) is 45.0 Å². The number of aromatic nitrogens is 12. The van der Waals surface area contributed by atoms with Gasteiger partial charge >= 0.3 is 0 Å². The average molecular weight is 631 g/mol. The monoisotopic (exact) mass is 630 g/mol. The van der Waals surface area contributed by atoms with Crippen LogP contribution in [0.4, 0.5) is 0 Å². The van der Waals surface area contributed by atoms with Gasteiger partial charge < -0.3 is 29.9 Å². The number of aromatic amines is 6. The molecule has 0 aromatic carbocycles. The maximum absolute atomic E-state index is 5.23. The zero-order valence-corrected chi connectivity index (χ0v) is 26.6. The van der Waals surface area contributed by atoms with E-state index in [1.54, 1.807) is 0 Å². The molecule has 234 valence electrons. The molecule has 2 aliphatic heterocycles. The molecule has 6 N–H and O–H groups in total. The summed E-state index contributed by atoms with van der Waals surface area (Å²) < 4.78 is 0. The predicted octanol–water partition coefficient (Wildman–Crippen LogP) is 7.45. The normalized spacial score (nSPS) is 12.4. The Labute approximate surface area is 273 Å².